The number of esters is 2. The van der Waals surface area contributed by atoms with Crippen molar-refractivity contribution in [2.24, 2.45) is 0 Å². The Morgan fingerprint density at radius 2 is 1.00 bits per heavy atom. The van der Waals surface area contributed by atoms with Crippen molar-refractivity contribution in [3.05, 3.63) is 166 Å². The van der Waals surface area contributed by atoms with E-state index in [0.717, 1.165) is 27.1 Å². The number of ether oxygens (including phenoxy) is 2. The minimum atomic E-state index is -0.853. The molecule has 0 aliphatic carbocycles. The van der Waals surface area contributed by atoms with Crippen molar-refractivity contribution < 1.29 is 34.1 Å². The van der Waals surface area contributed by atoms with Crippen LogP contribution in [0.3, 0.4) is 0 Å². The van der Waals surface area contributed by atoms with E-state index in [-0.39, 0.29) is 19.2 Å². The van der Waals surface area contributed by atoms with Crippen LogP contribution in [0, 0.1) is 10.1 Å². The van der Waals surface area contributed by atoms with Crippen molar-refractivity contribution in [2.45, 2.75) is 13.2 Å². The summed E-state index contributed by atoms with van der Waals surface area (Å²) in [6, 6.07) is 39.4. The van der Waals surface area contributed by atoms with Crippen molar-refractivity contribution in [3.63, 3.8) is 0 Å². The Morgan fingerprint density at radius 1 is 0.578 bits per heavy atom. The van der Waals surface area contributed by atoms with Gasteiger partial charge in [0.2, 0.25) is 0 Å². The molecule has 0 bridgehead atoms. The molecular formula is C36H27NO8. The molecule has 45 heavy (non-hydrogen) atoms. The first-order chi connectivity index (χ1) is 21.9. The van der Waals surface area contributed by atoms with Gasteiger partial charge in [0.1, 0.15) is 18.1 Å². The Bertz CT molecular complexity index is 1940. The van der Waals surface area contributed by atoms with Gasteiger partial charge in [0.15, 0.2) is 0 Å². The number of hydrogen-bond acceptors (Lipinski definition) is 8. The van der Waals surface area contributed by atoms with Crippen LogP contribution in [0.5, 0.6) is 11.5 Å². The number of aliphatic hydroxyl groups excluding tert-OH is 1. The second-order valence-corrected chi connectivity index (χ2v) is 9.78. The van der Waals surface area contributed by atoms with Gasteiger partial charge in [-0.05, 0) is 69.1 Å². The Morgan fingerprint density at radius 3 is 1.44 bits per heavy atom. The third-order valence-electron chi connectivity index (χ3n) is 6.81. The predicted molar refractivity (Wildman–Crippen MR) is 168 cm³/mol. The van der Waals surface area contributed by atoms with Gasteiger partial charge in [-0.1, -0.05) is 97.1 Å². The average molecular weight is 602 g/mol. The lowest BCUT2D eigenvalue weighted by Gasteiger charge is -2.08. The number of rotatable bonds is 8. The monoisotopic (exact) mass is 601 g/mol. The molecule has 0 amide bonds. The summed E-state index contributed by atoms with van der Waals surface area (Å²) in [7, 11) is 0. The Hall–Kier alpha value is -6.06. The smallest absolute Gasteiger partial charge is 0.344 e. The molecule has 0 unspecified atom stereocenters. The zero-order valence-electron chi connectivity index (χ0n) is 23.9. The summed E-state index contributed by atoms with van der Waals surface area (Å²) in [5.74, 6) is -0.0208. The molecule has 9 heteroatoms. The summed E-state index contributed by atoms with van der Waals surface area (Å²) in [6.45, 7) is -0.178. The van der Waals surface area contributed by atoms with Gasteiger partial charge in [-0.2, -0.15) is 0 Å². The van der Waals surface area contributed by atoms with E-state index in [2.05, 4.69) is 4.84 Å². The van der Waals surface area contributed by atoms with Crippen LogP contribution < -0.4 is 9.47 Å². The molecule has 0 radical (unpaired) electrons. The number of benzene rings is 6. The first-order valence-corrected chi connectivity index (χ1v) is 13.9. The Labute approximate surface area is 257 Å². The summed E-state index contributed by atoms with van der Waals surface area (Å²) >= 11 is 0. The van der Waals surface area contributed by atoms with Crippen LogP contribution in [0.1, 0.15) is 31.8 Å². The molecular weight excluding hydrogens is 574 g/mol. The maximum absolute atomic E-state index is 12.4. The van der Waals surface area contributed by atoms with E-state index in [9.17, 15) is 19.7 Å². The molecule has 1 N–H and O–H groups in total. The zero-order chi connectivity index (χ0) is 31.6. The second kappa shape index (κ2) is 14.4. The zero-order valence-corrected chi connectivity index (χ0v) is 23.9. The van der Waals surface area contributed by atoms with E-state index in [0.29, 0.717) is 28.2 Å². The standard InChI is InChI=1S/C18H13NO5.C18H14O3/c20-18(17-7-3-5-14-4-1-2-6-16(14)17)24-15-10-8-13(9-11-15)12-23-19(21)22;19-12-13-8-10-15(11-9-13)21-18(20)17-7-3-5-14-4-1-2-6-16(14)17/h1-11H,12H2;1-11,19H,12H2. The molecule has 0 aliphatic rings. The van der Waals surface area contributed by atoms with Crippen LogP contribution in [0.25, 0.3) is 21.5 Å². The first kappa shape index (κ1) is 30.4. The van der Waals surface area contributed by atoms with E-state index in [1.54, 1.807) is 66.7 Å². The average Bonchev–Trinajstić information content (AvgIpc) is 3.08. The molecule has 6 aromatic rings. The highest BCUT2D eigenvalue weighted by molar-refractivity contribution is 6.06. The summed E-state index contributed by atoms with van der Waals surface area (Å²) in [5.41, 5.74) is 2.41. The highest BCUT2D eigenvalue weighted by atomic mass is 16.9. The van der Waals surface area contributed by atoms with Gasteiger partial charge in [0, 0.05) is 0 Å². The normalized spacial score (nSPS) is 10.4. The van der Waals surface area contributed by atoms with Crippen molar-refractivity contribution in [2.75, 3.05) is 0 Å². The number of carbonyl (C=O) groups excluding carboxylic acids is 2. The van der Waals surface area contributed by atoms with Crippen LogP contribution in [0.2, 0.25) is 0 Å². The van der Waals surface area contributed by atoms with Gasteiger partial charge in [-0.25, -0.2) is 9.59 Å². The van der Waals surface area contributed by atoms with Gasteiger partial charge < -0.3 is 19.4 Å². The third kappa shape index (κ3) is 7.86. The van der Waals surface area contributed by atoms with E-state index >= 15 is 0 Å². The first-order valence-electron chi connectivity index (χ1n) is 13.9. The number of carbonyl (C=O) groups is 2. The lowest BCUT2D eigenvalue weighted by molar-refractivity contribution is -0.763. The number of nitrogens with zero attached hydrogens (tertiary/aromatic N) is 1. The summed E-state index contributed by atoms with van der Waals surface area (Å²) < 4.78 is 10.8. The minimum absolute atomic E-state index is 0.0302. The van der Waals surface area contributed by atoms with Crippen LogP contribution in [0.15, 0.2) is 133 Å². The highest BCUT2D eigenvalue weighted by Gasteiger charge is 2.13. The van der Waals surface area contributed by atoms with Crippen LogP contribution >= 0.6 is 0 Å². The second-order valence-electron chi connectivity index (χ2n) is 9.78. The molecule has 0 saturated carbocycles. The lowest BCUT2D eigenvalue weighted by atomic mass is 10.0. The van der Waals surface area contributed by atoms with Crippen molar-refractivity contribution in [1.29, 1.82) is 0 Å². The van der Waals surface area contributed by atoms with Crippen molar-refractivity contribution >= 4 is 33.5 Å². The quantitative estimate of drug-likeness (QED) is 0.0833. The lowest BCUT2D eigenvalue weighted by Crippen LogP contribution is -2.09. The highest BCUT2D eigenvalue weighted by Crippen LogP contribution is 2.23. The maximum atomic E-state index is 12.4. The molecule has 0 heterocycles. The molecule has 9 nitrogen and oxygen atoms in total. The fraction of sp³-hybridized carbons (Fsp3) is 0.0556. The van der Waals surface area contributed by atoms with Crippen molar-refractivity contribution in [3.8, 4) is 11.5 Å². The molecule has 6 rings (SSSR count). The van der Waals surface area contributed by atoms with Crippen LogP contribution in [-0.2, 0) is 18.1 Å². The van der Waals surface area contributed by atoms with Gasteiger partial charge in [-0.15, -0.1) is 10.1 Å². The van der Waals surface area contributed by atoms with E-state index in [1.165, 1.54) is 0 Å². The molecule has 224 valence electrons. The maximum Gasteiger partial charge on any atom is 0.344 e. The fourth-order valence-corrected chi connectivity index (χ4v) is 4.57. The van der Waals surface area contributed by atoms with Gasteiger partial charge in [0.05, 0.1) is 17.7 Å². The van der Waals surface area contributed by atoms with Crippen molar-refractivity contribution in [1.82, 2.24) is 0 Å². The summed E-state index contributed by atoms with van der Waals surface area (Å²) in [5, 5.41) is 22.0. The molecule has 0 saturated heterocycles. The Kier molecular flexibility index (Phi) is 9.73. The minimum Gasteiger partial charge on any atom is -0.423 e. The molecule has 0 aliphatic heterocycles. The molecule has 0 atom stereocenters. The largest absolute Gasteiger partial charge is 0.423 e. The topological polar surface area (TPSA) is 125 Å². The SMILES string of the molecule is O=C(Oc1ccc(CO)cc1)c1cccc2ccccc12.O=C(Oc1ccc(CO[N+](=O)[O-])cc1)c1cccc2ccccc12. The fourth-order valence-electron chi connectivity index (χ4n) is 4.57. The summed E-state index contributed by atoms with van der Waals surface area (Å²) in [4.78, 5) is 39.1. The van der Waals surface area contributed by atoms with Crippen LogP contribution in [0.4, 0.5) is 0 Å². The molecule has 0 spiro atoms. The van der Waals surface area contributed by atoms with E-state index < -0.39 is 11.1 Å². The molecule has 6 aromatic carbocycles. The Balaban J connectivity index is 0.000000179. The van der Waals surface area contributed by atoms with E-state index in [4.69, 9.17) is 14.6 Å². The third-order valence-corrected chi connectivity index (χ3v) is 6.81. The summed E-state index contributed by atoms with van der Waals surface area (Å²) in [6.07, 6.45) is 0. The number of aliphatic hydroxyl groups is 1. The van der Waals surface area contributed by atoms with Crippen LogP contribution in [-0.4, -0.2) is 22.1 Å². The number of hydrogen-bond donors (Lipinski definition) is 1. The number of fused-ring (bicyclic) bond motifs is 2. The molecule has 0 fully saturated rings. The predicted octanol–water partition coefficient (Wildman–Crippen LogP) is 7.32. The van der Waals surface area contributed by atoms with Gasteiger partial charge in [0.25, 0.3) is 5.09 Å². The van der Waals surface area contributed by atoms with Gasteiger partial charge >= 0.3 is 11.9 Å². The van der Waals surface area contributed by atoms with Gasteiger partial charge in [-0.3, -0.25) is 0 Å². The van der Waals surface area contributed by atoms with E-state index in [1.807, 2.05) is 66.7 Å². The molecule has 0 aromatic heterocycles.